The van der Waals surface area contributed by atoms with E-state index in [1.54, 1.807) is 39.4 Å². The number of aromatic amines is 1. The molecule has 7 heteroatoms. The smallest absolute Gasteiger partial charge is 0.270 e. The summed E-state index contributed by atoms with van der Waals surface area (Å²) in [7, 11) is 1.73. The molecule has 1 amide bonds. The van der Waals surface area contributed by atoms with Crippen LogP contribution in [0.1, 0.15) is 67.6 Å². The van der Waals surface area contributed by atoms with Gasteiger partial charge in [0.2, 0.25) is 0 Å². The summed E-state index contributed by atoms with van der Waals surface area (Å²) in [6.45, 7) is 5.05. The monoisotopic (exact) mass is 335 g/mol. The van der Waals surface area contributed by atoms with Crippen LogP contribution in [0.25, 0.3) is 0 Å². The summed E-state index contributed by atoms with van der Waals surface area (Å²) in [5.41, 5.74) is 0.210. The largest absolute Gasteiger partial charge is 0.344 e. The highest BCUT2D eigenvalue weighted by Gasteiger charge is 2.20. The van der Waals surface area contributed by atoms with E-state index in [-0.39, 0.29) is 11.9 Å². The molecular weight excluding hydrogens is 309 g/mol. The second-order valence-corrected chi connectivity index (χ2v) is 6.75. The molecule has 2 heterocycles. The van der Waals surface area contributed by atoms with Crippen LogP contribution in [0, 0.1) is 6.92 Å². The van der Waals surface area contributed by atoms with Gasteiger partial charge in [-0.15, -0.1) is 0 Å². The predicted octanol–water partition coefficient (Wildman–Crippen LogP) is 3.23. The Bertz CT molecular complexity index is 671. The fourth-order valence-corrected chi connectivity index (χ4v) is 2.64. The normalized spacial score (nSPS) is 13.0. The average Bonchev–Trinajstić information content (AvgIpc) is 3.09. The maximum Gasteiger partial charge on any atom is 0.270 e. The molecule has 24 heavy (non-hydrogen) atoms. The van der Waals surface area contributed by atoms with Gasteiger partial charge >= 0.3 is 0 Å². The van der Waals surface area contributed by atoms with Crippen LogP contribution in [0.3, 0.4) is 0 Å². The maximum atomic E-state index is 13.6. The highest BCUT2D eigenvalue weighted by atomic mass is 19.1. The molecule has 0 aliphatic rings. The summed E-state index contributed by atoms with van der Waals surface area (Å²) < 4.78 is 15.1. The minimum atomic E-state index is -1.15. The molecule has 6 nitrogen and oxygen atoms in total. The first kappa shape index (κ1) is 18.2. The molecule has 1 atom stereocenters. The zero-order valence-electron chi connectivity index (χ0n) is 14.8. The third-order valence-electron chi connectivity index (χ3n) is 3.97. The molecule has 0 bridgehead atoms. The molecule has 0 radical (unpaired) electrons. The van der Waals surface area contributed by atoms with Crippen molar-refractivity contribution in [2.75, 3.05) is 0 Å². The van der Waals surface area contributed by atoms with E-state index in [0.29, 0.717) is 12.1 Å². The van der Waals surface area contributed by atoms with Crippen molar-refractivity contribution in [3.63, 3.8) is 0 Å². The van der Waals surface area contributed by atoms with Crippen LogP contribution in [0.2, 0.25) is 0 Å². The molecule has 0 aliphatic carbocycles. The van der Waals surface area contributed by atoms with E-state index in [4.69, 9.17) is 0 Å². The van der Waals surface area contributed by atoms with Crippen molar-refractivity contribution in [3.05, 3.63) is 35.7 Å². The lowest BCUT2D eigenvalue weighted by molar-refractivity contribution is 0.0922. The Morgan fingerprint density at radius 2 is 2.21 bits per heavy atom. The third kappa shape index (κ3) is 5.18. The fourth-order valence-electron chi connectivity index (χ4n) is 2.64. The van der Waals surface area contributed by atoms with Crippen LogP contribution in [-0.4, -0.2) is 31.3 Å². The van der Waals surface area contributed by atoms with Crippen molar-refractivity contribution in [2.24, 2.45) is 7.05 Å². The van der Waals surface area contributed by atoms with Gasteiger partial charge in [-0.3, -0.25) is 9.48 Å². The number of nitrogens with one attached hydrogen (secondary N) is 2. The zero-order valence-corrected chi connectivity index (χ0v) is 14.8. The van der Waals surface area contributed by atoms with Gasteiger partial charge < -0.3 is 10.3 Å². The first-order valence-corrected chi connectivity index (χ1v) is 8.25. The van der Waals surface area contributed by atoms with Crippen molar-refractivity contribution < 1.29 is 9.18 Å². The number of aromatic nitrogens is 4. The number of nitrogens with zero attached hydrogens (tertiary/aromatic N) is 3. The molecular formula is C17H26FN5O. The van der Waals surface area contributed by atoms with Crippen LogP contribution in [0.5, 0.6) is 0 Å². The van der Waals surface area contributed by atoms with Crippen molar-refractivity contribution in [2.45, 2.75) is 58.2 Å². The predicted molar refractivity (Wildman–Crippen MR) is 90.4 cm³/mol. The number of aryl methyl sites for hydroxylation is 2. The quantitative estimate of drug-likeness (QED) is 0.727. The van der Waals surface area contributed by atoms with E-state index < -0.39 is 5.67 Å². The number of imidazole rings is 1. The number of hydrogen-bond acceptors (Lipinski definition) is 3. The SMILES string of the molecule is Cc1ncc(C(CCCCC(C)(C)F)NC(=O)c2ccnn2C)[nH]1. The zero-order chi connectivity index (χ0) is 17.7. The van der Waals surface area contributed by atoms with Gasteiger partial charge in [-0.05, 0) is 39.7 Å². The van der Waals surface area contributed by atoms with E-state index in [9.17, 15) is 9.18 Å². The van der Waals surface area contributed by atoms with Gasteiger partial charge in [0.15, 0.2) is 0 Å². The summed E-state index contributed by atoms with van der Waals surface area (Å²) in [6.07, 6.45) is 6.16. The molecule has 0 fully saturated rings. The first-order valence-electron chi connectivity index (χ1n) is 8.25. The maximum absolute atomic E-state index is 13.6. The van der Waals surface area contributed by atoms with Gasteiger partial charge in [-0.2, -0.15) is 5.10 Å². The number of halogens is 1. The second kappa shape index (κ2) is 7.59. The van der Waals surface area contributed by atoms with Crippen LogP contribution >= 0.6 is 0 Å². The lowest BCUT2D eigenvalue weighted by Crippen LogP contribution is -2.30. The highest BCUT2D eigenvalue weighted by Crippen LogP contribution is 2.23. The Kier molecular flexibility index (Phi) is 5.75. The third-order valence-corrected chi connectivity index (χ3v) is 3.97. The molecule has 2 aromatic heterocycles. The van der Waals surface area contributed by atoms with E-state index in [0.717, 1.165) is 30.8 Å². The molecule has 0 saturated heterocycles. The Morgan fingerprint density at radius 3 is 2.75 bits per heavy atom. The Morgan fingerprint density at radius 1 is 1.46 bits per heavy atom. The van der Waals surface area contributed by atoms with Crippen LogP contribution in [-0.2, 0) is 7.05 Å². The topological polar surface area (TPSA) is 75.6 Å². The average molecular weight is 335 g/mol. The Hall–Kier alpha value is -2.18. The van der Waals surface area contributed by atoms with Crippen molar-refractivity contribution in [3.8, 4) is 0 Å². The standard InChI is InChI=1S/C17H26FN5O/c1-12-19-11-14(21-12)13(7-5-6-9-17(2,3)18)22-16(24)15-8-10-20-23(15)4/h8,10-11,13H,5-7,9H2,1-4H3,(H,19,21)(H,22,24). The van der Waals surface area contributed by atoms with Crippen molar-refractivity contribution >= 4 is 5.91 Å². The number of H-pyrrole nitrogens is 1. The van der Waals surface area contributed by atoms with Crippen LogP contribution in [0.15, 0.2) is 18.5 Å². The number of carbonyl (C=O) groups excluding carboxylic acids is 1. The summed E-state index contributed by atoms with van der Waals surface area (Å²) >= 11 is 0. The lowest BCUT2D eigenvalue weighted by Gasteiger charge is -2.19. The number of unbranched alkanes of at least 4 members (excludes halogenated alkanes) is 1. The molecule has 2 aromatic rings. The van der Waals surface area contributed by atoms with E-state index in [2.05, 4.69) is 20.4 Å². The molecule has 0 aliphatic heterocycles. The number of alkyl halides is 1. The van der Waals surface area contributed by atoms with Gasteiger partial charge in [0.05, 0.1) is 17.9 Å². The summed E-state index contributed by atoms with van der Waals surface area (Å²) in [4.78, 5) is 19.8. The van der Waals surface area contributed by atoms with Gasteiger partial charge in [-0.25, -0.2) is 9.37 Å². The first-order chi connectivity index (χ1) is 11.3. The summed E-state index contributed by atoms with van der Waals surface area (Å²) in [5.74, 6) is 0.618. The summed E-state index contributed by atoms with van der Waals surface area (Å²) in [5, 5.41) is 7.04. The van der Waals surface area contributed by atoms with E-state index in [1.165, 1.54) is 4.68 Å². The molecule has 1 unspecified atom stereocenters. The highest BCUT2D eigenvalue weighted by molar-refractivity contribution is 5.92. The molecule has 132 valence electrons. The molecule has 0 saturated carbocycles. The van der Waals surface area contributed by atoms with Crippen molar-refractivity contribution in [1.29, 1.82) is 0 Å². The number of hydrogen-bond donors (Lipinski definition) is 2. The molecule has 2 rings (SSSR count). The minimum absolute atomic E-state index is 0.182. The molecule has 0 aromatic carbocycles. The second-order valence-electron chi connectivity index (χ2n) is 6.75. The van der Waals surface area contributed by atoms with Gasteiger partial charge in [-0.1, -0.05) is 12.8 Å². The number of amides is 1. The molecule has 2 N–H and O–H groups in total. The fraction of sp³-hybridized carbons (Fsp3) is 0.588. The van der Waals surface area contributed by atoms with E-state index in [1.807, 2.05) is 6.92 Å². The van der Waals surface area contributed by atoms with E-state index >= 15 is 0 Å². The Balaban J connectivity index is 2.01. The van der Waals surface area contributed by atoms with Gasteiger partial charge in [0, 0.05) is 13.2 Å². The van der Waals surface area contributed by atoms with Crippen molar-refractivity contribution in [1.82, 2.24) is 25.1 Å². The number of rotatable bonds is 8. The number of carbonyl (C=O) groups is 1. The summed E-state index contributed by atoms with van der Waals surface area (Å²) in [6, 6.07) is 1.49. The lowest BCUT2D eigenvalue weighted by atomic mass is 9.99. The van der Waals surface area contributed by atoms with Crippen LogP contribution < -0.4 is 5.32 Å². The Labute approximate surface area is 141 Å². The minimum Gasteiger partial charge on any atom is -0.344 e. The molecule has 0 spiro atoms. The van der Waals surface area contributed by atoms with Gasteiger partial charge in [0.1, 0.15) is 17.2 Å². The van der Waals surface area contributed by atoms with Crippen LogP contribution in [0.4, 0.5) is 4.39 Å². The van der Waals surface area contributed by atoms with Gasteiger partial charge in [0.25, 0.3) is 5.91 Å².